The minimum Gasteiger partial charge on any atom is -0.496 e. The molecule has 20 heavy (non-hydrogen) atoms. The van der Waals surface area contributed by atoms with Gasteiger partial charge in [0.15, 0.2) is 0 Å². The summed E-state index contributed by atoms with van der Waals surface area (Å²) in [7, 11) is 1.70. The van der Waals surface area contributed by atoms with E-state index in [0.29, 0.717) is 0 Å². The summed E-state index contributed by atoms with van der Waals surface area (Å²) in [6.07, 6.45) is 5.46. The number of hydrogen-bond acceptors (Lipinski definition) is 3. The average molecular weight is 272 g/mol. The molecule has 1 saturated heterocycles. The van der Waals surface area contributed by atoms with Crippen LogP contribution in [0.3, 0.4) is 0 Å². The van der Waals surface area contributed by atoms with Gasteiger partial charge in [0, 0.05) is 0 Å². The first-order chi connectivity index (χ1) is 9.69. The number of methoxy groups -OCH3 is 1. The largest absolute Gasteiger partial charge is 0.496 e. The topological polar surface area (TPSA) is 36.3 Å². The molecule has 1 aromatic rings. The lowest BCUT2D eigenvalue weighted by Gasteiger charge is -2.38. The van der Waals surface area contributed by atoms with Crippen molar-refractivity contribution in [1.82, 2.24) is 4.90 Å². The van der Waals surface area contributed by atoms with Crippen molar-refractivity contribution < 1.29 is 4.74 Å². The van der Waals surface area contributed by atoms with Gasteiger partial charge in [-0.2, -0.15) is 5.26 Å². The van der Waals surface area contributed by atoms with Crippen molar-refractivity contribution in [2.24, 2.45) is 0 Å². The smallest absolute Gasteiger partial charge is 0.122 e. The maximum Gasteiger partial charge on any atom is 0.122 e. The Balaban J connectivity index is 2.04. The standard InChI is InChI=1S/C17H24N2O/c1-17(14-18,19-12-6-3-7-13-19)11-10-15-8-4-5-9-16(15)20-2/h4-5,8-9H,3,6-7,10-13H2,1-2H3. The van der Waals surface area contributed by atoms with Crippen molar-refractivity contribution in [3.8, 4) is 11.8 Å². The fraction of sp³-hybridized carbons (Fsp3) is 0.588. The zero-order valence-corrected chi connectivity index (χ0v) is 12.6. The molecule has 2 rings (SSSR count). The third kappa shape index (κ3) is 3.32. The predicted molar refractivity (Wildman–Crippen MR) is 80.8 cm³/mol. The number of nitrogens with zero attached hydrogens (tertiary/aromatic N) is 2. The van der Waals surface area contributed by atoms with Crippen LogP contribution >= 0.6 is 0 Å². The number of nitriles is 1. The van der Waals surface area contributed by atoms with Crippen LogP contribution in [0.15, 0.2) is 24.3 Å². The van der Waals surface area contributed by atoms with E-state index < -0.39 is 0 Å². The van der Waals surface area contributed by atoms with E-state index in [1.807, 2.05) is 18.2 Å². The molecule has 1 fully saturated rings. The van der Waals surface area contributed by atoms with Crippen LogP contribution in [0.25, 0.3) is 0 Å². The van der Waals surface area contributed by atoms with E-state index in [4.69, 9.17) is 4.74 Å². The molecular formula is C17H24N2O. The number of hydrogen-bond donors (Lipinski definition) is 0. The Hall–Kier alpha value is -1.53. The Kier molecular flexibility index (Phi) is 5.03. The van der Waals surface area contributed by atoms with Crippen molar-refractivity contribution in [2.75, 3.05) is 20.2 Å². The number of ether oxygens (including phenoxy) is 1. The van der Waals surface area contributed by atoms with Crippen molar-refractivity contribution in [3.63, 3.8) is 0 Å². The molecule has 1 heterocycles. The summed E-state index contributed by atoms with van der Waals surface area (Å²) in [5.41, 5.74) is 0.829. The van der Waals surface area contributed by atoms with Gasteiger partial charge in [-0.3, -0.25) is 4.90 Å². The summed E-state index contributed by atoms with van der Waals surface area (Å²) >= 11 is 0. The lowest BCUT2D eigenvalue weighted by molar-refractivity contribution is 0.116. The van der Waals surface area contributed by atoms with Crippen LogP contribution in [0, 0.1) is 11.3 Å². The van der Waals surface area contributed by atoms with E-state index in [9.17, 15) is 5.26 Å². The fourth-order valence-electron chi connectivity index (χ4n) is 2.96. The van der Waals surface area contributed by atoms with Crippen LogP contribution in [0.2, 0.25) is 0 Å². The molecule has 1 aromatic carbocycles. The summed E-state index contributed by atoms with van der Waals surface area (Å²) in [5.74, 6) is 0.923. The number of para-hydroxylation sites is 1. The minimum atomic E-state index is -0.360. The highest BCUT2D eigenvalue weighted by Gasteiger charge is 2.32. The van der Waals surface area contributed by atoms with Crippen LogP contribution in [-0.4, -0.2) is 30.6 Å². The molecule has 0 N–H and O–H groups in total. The highest BCUT2D eigenvalue weighted by Crippen LogP contribution is 2.27. The lowest BCUT2D eigenvalue weighted by atomic mass is 9.90. The highest BCUT2D eigenvalue weighted by molar-refractivity contribution is 5.33. The van der Waals surface area contributed by atoms with Crippen LogP contribution in [0.4, 0.5) is 0 Å². The van der Waals surface area contributed by atoms with E-state index in [1.54, 1.807) is 7.11 Å². The number of rotatable bonds is 5. The first-order valence-electron chi connectivity index (χ1n) is 7.48. The third-order valence-corrected chi connectivity index (χ3v) is 4.37. The van der Waals surface area contributed by atoms with Crippen LogP contribution in [0.1, 0.15) is 38.2 Å². The predicted octanol–water partition coefficient (Wildman–Crippen LogP) is 3.40. The number of likely N-dealkylation sites (tertiary alicyclic amines) is 1. The Morgan fingerprint density at radius 3 is 2.60 bits per heavy atom. The van der Waals surface area contributed by atoms with Crippen LogP contribution in [0.5, 0.6) is 5.75 Å². The highest BCUT2D eigenvalue weighted by atomic mass is 16.5. The van der Waals surface area contributed by atoms with Gasteiger partial charge in [0.25, 0.3) is 0 Å². The minimum absolute atomic E-state index is 0.360. The Bertz CT molecular complexity index is 474. The lowest BCUT2D eigenvalue weighted by Crippen LogP contribution is -2.48. The third-order valence-electron chi connectivity index (χ3n) is 4.37. The molecule has 1 atom stereocenters. The Labute approximate surface area is 122 Å². The Morgan fingerprint density at radius 1 is 1.25 bits per heavy atom. The first-order valence-corrected chi connectivity index (χ1v) is 7.48. The second-order valence-corrected chi connectivity index (χ2v) is 5.75. The van der Waals surface area contributed by atoms with Crippen molar-refractivity contribution in [3.05, 3.63) is 29.8 Å². The van der Waals surface area contributed by atoms with Gasteiger partial charge in [0.1, 0.15) is 11.3 Å². The molecule has 0 spiro atoms. The number of aryl methyl sites for hydroxylation is 1. The van der Waals surface area contributed by atoms with Crippen molar-refractivity contribution in [1.29, 1.82) is 5.26 Å². The van der Waals surface area contributed by atoms with Gasteiger partial charge in [-0.05, 0) is 57.3 Å². The van der Waals surface area contributed by atoms with Gasteiger partial charge < -0.3 is 4.74 Å². The molecule has 1 aliphatic rings. The normalized spacial score (nSPS) is 19.1. The van der Waals surface area contributed by atoms with Gasteiger partial charge in [-0.1, -0.05) is 24.6 Å². The maximum absolute atomic E-state index is 9.62. The SMILES string of the molecule is COc1ccccc1CCC(C)(C#N)N1CCCCC1. The molecule has 0 amide bonds. The van der Waals surface area contributed by atoms with Gasteiger partial charge in [-0.25, -0.2) is 0 Å². The summed E-state index contributed by atoms with van der Waals surface area (Å²) in [6, 6.07) is 10.6. The number of benzene rings is 1. The zero-order chi connectivity index (χ0) is 14.4. The second kappa shape index (κ2) is 6.76. The summed E-state index contributed by atoms with van der Waals surface area (Å²) in [6.45, 7) is 4.18. The summed E-state index contributed by atoms with van der Waals surface area (Å²) in [5, 5.41) is 9.62. The second-order valence-electron chi connectivity index (χ2n) is 5.75. The molecule has 0 bridgehead atoms. The molecule has 0 radical (unpaired) electrons. The van der Waals surface area contributed by atoms with E-state index in [0.717, 1.165) is 31.7 Å². The molecule has 0 aliphatic carbocycles. The summed E-state index contributed by atoms with van der Waals surface area (Å²) < 4.78 is 5.39. The van der Waals surface area contributed by atoms with Gasteiger partial charge in [0.05, 0.1) is 13.2 Å². The molecule has 0 aromatic heterocycles. The Morgan fingerprint density at radius 2 is 1.95 bits per heavy atom. The maximum atomic E-state index is 9.62. The molecule has 3 nitrogen and oxygen atoms in total. The van der Waals surface area contributed by atoms with Gasteiger partial charge in [-0.15, -0.1) is 0 Å². The molecule has 3 heteroatoms. The van der Waals surface area contributed by atoms with Crippen LogP contribution in [-0.2, 0) is 6.42 Å². The van der Waals surface area contributed by atoms with E-state index in [1.165, 1.54) is 24.8 Å². The fourth-order valence-corrected chi connectivity index (χ4v) is 2.96. The first kappa shape index (κ1) is 14.9. The van der Waals surface area contributed by atoms with E-state index in [2.05, 4.69) is 24.0 Å². The molecular weight excluding hydrogens is 248 g/mol. The van der Waals surface area contributed by atoms with Gasteiger partial charge >= 0.3 is 0 Å². The zero-order valence-electron chi connectivity index (χ0n) is 12.6. The molecule has 0 saturated carbocycles. The molecule has 1 unspecified atom stereocenters. The summed E-state index contributed by atoms with van der Waals surface area (Å²) in [4.78, 5) is 2.35. The average Bonchev–Trinajstić information content (AvgIpc) is 2.53. The monoisotopic (exact) mass is 272 g/mol. The van der Waals surface area contributed by atoms with E-state index in [-0.39, 0.29) is 5.54 Å². The molecule has 108 valence electrons. The molecule has 1 aliphatic heterocycles. The van der Waals surface area contributed by atoms with Gasteiger partial charge in [0.2, 0.25) is 0 Å². The van der Waals surface area contributed by atoms with E-state index >= 15 is 0 Å². The quantitative estimate of drug-likeness (QED) is 0.824. The van der Waals surface area contributed by atoms with Crippen molar-refractivity contribution in [2.45, 2.75) is 44.6 Å². The van der Waals surface area contributed by atoms with Crippen LogP contribution < -0.4 is 4.74 Å². The number of piperidine rings is 1. The van der Waals surface area contributed by atoms with Crippen molar-refractivity contribution >= 4 is 0 Å².